The number of nitrogens with one attached hydrogen (secondary N) is 1. The van der Waals surface area contributed by atoms with E-state index in [1.165, 1.54) is 0 Å². The molecule has 6 heteroatoms. The van der Waals surface area contributed by atoms with Gasteiger partial charge in [0.25, 0.3) is 5.91 Å². The van der Waals surface area contributed by atoms with Crippen molar-refractivity contribution >= 4 is 17.5 Å². The Morgan fingerprint density at radius 3 is 2.65 bits per heavy atom. The van der Waals surface area contributed by atoms with Crippen molar-refractivity contribution in [3.63, 3.8) is 0 Å². The molecule has 1 heterocycles. The Labute approximate surface area is 140 Å². The first-order valence-corrected chi connectivity index (χ1v) is 8.17. The molecule has 2 aromatic rings. The maximum Gasteiger partial charge on any atom is 0.254 e. The number of hydrogen-bond acceptors (Lipinski definition) is 3. The van der Waals surface area contributed by atoms with Gasteiger partial charge in [0.15, 0.2) is 0 Å². The van der Waals surface area contributed by atoms with Gasteiger partial charge in [0.2, 0.25) is 0 Å². The van der Waals surface area contributed by atoms with Crippen LogP contribution < -0.4 is 5.32 Å². The maximum absolute atomic E-state index is 12.4. The van der Waals surface area contributed by atoms with Crippen LogP contribution in [-0.4, -0.2) is 32.9 Å². The zero-order valence-electron chi connectivity index (χ0n) is 13.1. The highest BCUT2D eigenvalue weighted by atomic mass is 35.5. The molecule has 5 nitrogen and oxygen atoms in total. The van der Waals surface area contributed by atoms with Crippen LogP contribution in [0, 0.1) is 6.92 Å². The minimum atomic E-state index is -0.754. The summed E-state index contributed by atoms with van der Waals surface area (Å²) in [5.74, 6) is -0.206. The number of aryl methyl sites for hydroxylation is 1. The Balaban J connectivity index is 1.72. The van der Waals surface area contributed by atoms with Crippen LogP contribution in [0.5, 0.6) is 0 Å². The van der Waals surface area contributed by atoms with Crippen LogP contribution in [0.3, 0.4) is 0 Å². The molecule has 0 atom stereocenters. The quantitative estimate of drug-likeness (QED) is 0.904. The van der Waals surface area contributed by atoms with Crippen molar-refractivity contribution in [2.45, 2.75) is 38.2 Å². The average Bonchev–Trinajstić information content (AvgIpc) is 3.13. The lowest BCUT2D eigenvalue weighted by molar-refractivity contribution is 0.0449. The normalized spacial score (nSPS) is 16.5. The fourth-order valence-electron chi connectivity index (χ4n) is 2.96. The maximum atomic E-state index is 12.4. The fraction of sp³-hybridized carbons (Fsp3) is 0.412. The highest BCUT2D eigenvalue weighted by molar-refractivity contribution is 6.30. The van der Waals surface area contributed by atoms with Crippen molar-refractivity contribution < 1.29 is 9.90 Å². The van der Waals surface area contributed by atoms with Crippen LogP contribution >= 0.6 is 11.6 Å². The minimum Gasteiger partial charge on any atom is -0.388 e. The summed E-state index contributed by atoms with van der Waals surface area (Å²) in [5, 5.41) is 18.2. The summed E-state index contributed by atoms with van der Waals surface area (Å²) in [6, 6.07) is 7.25. The van der Waals surface area contributed by atoms with E-state index in [-0.39, 0.29) is 12.5 Å². The Morgan fingerprint density at radius 1 is 1.35 bits per heavy atom. The number of rotatable bonds is 4. The van der Waals surface area contributed by atoms with E-state index in [1.54, 1.807) is 29.9 Å². The van der Waals surface area contributed by atoms with Gasteiger partial charge in [-0.2, -0.15) is 5.10 Å². The van der Waals surface area contributed by atoms with Crippen molar-refractivity contribution in [1.82, 2.24) is 15.1 Å². The van der Waals surface area contributed by atoms with Crippen molar-refractivity contribution in [1.29, 1.82) is 0 Å². The molecular formula is C17H20ClN3O2. The number of amides is 1. The zero-order valence-corrected chi connectivity index (χ0v) is 13.8. The molecule has 0 bridgehead atoms. The molecule has 122 valence electrons. The molecule has 2 N–H and O–H groups in total. The largest absolute Gasteiger partial charge is 0.388 e. The smallest absolute Gasteiger partial charge is 0.254 e. The third-order valence-corrected chi connectivity index (χ3v) is 4.60. The molecule has 1 aromatic carbocycles. The van der Waals surface area contributed by atoms with E-state index >= 15 is 0 Å². The van der Waals surface area contributed by atoms with Gasteiger partial charge in [0, 0.05) is 17.8 Å². The fourth-order valence-corrected chi connectivity index (χ4v) is 3.08. The monoisotopic (exact) mass is 333 g/mol. The Bertz CT molecular complexity index is 703. The molecule has 1 aliphatic rings. The number of hydrogen-bond donors (Lipinski definition) is 2. The SMILES string of the molecule is Cc1nn(-c2ccc(Cl)cc2)cc1C(=O)NCC1(O)CCCC1. The number of carbonyl (C=O) groups is 1. The van der Waals surface area contributed by atoms with Crippen LogP contribution in [0.25, 0.3) is 5.69 Å². The zero-order chi connectivity index (χ0) is 16.4. The van der Waals surface area contributed by atoms with Crippen LogP contribution in [0.15, 0.2) is 30.5 Å². The second-order valence-electron chi connectivity index (χ2n) is 6.16. The highest BCUT2D eigenvalue weighted by Gasteiger charge is 2.31. The summed E-state index contributed by atoms with van der Waals surface area (Å²) in [4.78, 5) is 12.4. The van der Waals surface area contributed by atoms with Gasteiger partial charge in [-0.15, -0.1) is 0 Å². The Morgan fingerprint density at radius 2 is 2.00 bits per heavy atom. The lowest BCUT2D eigenvalue weighted by atomic mass is 10.0. The molecule has 0 spiro atoms. The minimum absolute atomic E-state index is 0.206. The number of nitrogens with zero attached hydrogens (tertiary/aromatic N) is 2. The van der Waals surface area contributed by atoms with Crippen LogP contribution in [0.1, 0.15) is 41.7 Å². The van der Waals surface area contributed by atoms with E-state index in [9.17, 15) is 9.90 Å². The van der Waals surface area contributed by atoms with Gasteiger partial charge in [0.1, 0.15) is 0 Å². The Hall–Kier alpha value is -1.85. The van der Waals surface area contributed by atoms with Gasteiger partial charge in [0.05, 0.1) is 22.5 Å². The second-order valence-corrected chi connectivity index (χ2v) is 6.60. The van der Waals surface area contributed by atoms with Gasteiger partial charge in [-0.1, -0.05) is 24.4 Å². The third-order valence-electron chi connectivity index (χ3n) is 4.35. The standard InChI is InChI=1S/C17H20ClN3O2/c1-12-15(16(22)19-11-17(23)8-2-3-9-17)10-21(20-12)14-6-4-13(18)5-7-14/h4-7,10,23H,2-3,8-9,11H2,1H3,(H,19,22). The molecule has 0 saturated heterocycles. The lowest BCUT2D eigenvalue weighted by Gasteiger charge is -2.22. The first-order valence-electron chi connectivity index (χ1n) is 7.80. The van der Waals surface area contributed by atoms with Gasteiger partial charge < -0.3 is 10.4 Å². The van der Waals surface area contributed by atoms with Gasteiger partial charge in [-0.05, 0) is 44.0 Å². The summed E-state index contributed by atoms with van der Waals surface area (Å²) in [6.45, 7) is 2.09. The predicted molar refractivity (Wildman–Crippen MR) is 89.1 cm³/mol. The predicted octanol–water partition coefficient (Wildman–Crippen LogP) is 2.87. The van der Waals surface area contributed by atoms with Crippen molar-refractivity contribution in [2.24, 2.45) is 0 Å². The highest BCUT2D eigenvalue weighted by Crippen LogP contribution is 2.28. The summed E-state index contributed by atoms with van der Waals surface area (Å²) >= 11 is 5.89. The number of carbonyl (C=O) groups excluding carboxylic acids is 1. The topological polar surface area (TPSA) is 67.2 Å². The number of halogens is 1. The van der Waals surface area contributed by atoms with Gasteiger partial charge in [-0.3, -0.25) is 4.79 Å². The average molecular weight is 334 g/mol. The lowest BCUT2D eigenvalue weighted by Crippen LogP contribution is -2.40. The third kappa shape index (κ3) is 3.57. The van der Waals surface area contributed by atoms with E-state index in [2.05, 4.69) is 10.4 Å². The first-order chi connectivity index (χ1) is 11.0. The Kier molecular flexibility index (Phi) is 4.41. The van der Waals surface area contributed by atoms with E-state index in [1.807, 2.05) is 12.1 Å². The summed E-state index contributed by atoms with van der Waals surface area (Å²) in [6.07, 6.45) is 5.22. The molecule has 1 aromatic heterocycles. The molecule has 1 amide bonds. The van der Waals surface area contributed by atoms with E-state index in [0.717, 1.165) is 31.4 Å². The van der Waals surface area contributed by atoms with Crippen molar-refractivity contribution in [3.05, 3.63) is 46.7 Å². The number of benzene rings is 1. The molecule has 1 aliphatic carbocycles. The summed E-state index contributed by atoms with van der Waals surface area (Å²) in [5.41, 5.74) is 1.25. The van der Waals surface area contributed by atoms with Gasteiger partial charge in [-0.25, -0.2) is 4.68 Å². The molecule has 0 unspecified atom stereocenters. The van der Waals surface area contributed by atoms with Crippen molar-refractivity contribution in [3.8, 4) is 5.69 Å². The number of aliphatic hydroxyl groups is 1. The molecule has 1 fully saturated rings. The van der Waals surface area contributed by atoms with E-state index in [0.29, 0.717) is 16.3 Å². The van der Waals surface area contributed by atoms with Crippen LogP contribution in [0.4, 0.5) is 0 Å². The van der Waals surface area contributed by atoms with Gasteiger partial charge >= 0.3 is 0 Å². The molecule has 23 heavy (non-hydrogen) atoms. The molecule has 3 rings (SSSR count). The second kappa shape index (κ2) is 6.34. The van der Waals surface area contributed by atoms with E-state index < -0.39 is 5.60 Å². The molecular weight excluding hydrogens is 314 g/mol. The van der Waals surface area contributed by atoms with Crippen molar-refractivity contribution in [2.75, 3.05) is 6.54 Å². The molecule has 0 aliphatic heterocycles. The number of aromatic nitrogens is 2. The molecule has 1 saturated carbocycles. The van der Waals surface area contributed by atoms with Crippen LogP contribution in [0.2, 0.25) is 5.02 Å². The van der Waals surface area contributed by atoms with Crippen LogP contribution in [-0.2, 0) is 0 Å². The summed E-state index contributed by atoms with van der Waals surface area (Å²) in [7, 11) is 0. The first kappa shape index (κ1) is 16.0. The van der Waals surface area contributed by atoms with E-state index in [4.69, 9.17) is 11.6 Å². The summed E-state index contributed by atoms with van der Waals surface area (Å²) < 4.78 is 1.66. The molecule has 0 radical (unpaired) electrons.